The van der Waals surface area contributed by atoms with Crippen LogP contribution in [0.5, 0.6) is 0 Å². The number of phosphoric acid groups is 1. The van der Waals surface area contributed by atoms with Crippen molar-refractivity contribution in [3.8, 4) is 0 Å². The van der Waals surface area contributed by atoms with E-state index in [-0.39, 0.29) is 5.71 Å². The van der Waals surface area contributed by atoms with Gasteiger partial charge in [0.2, 0.25) is 0 Å². The van der Waals surface area contributed by atoms with Gasteiger partial charge in [0.15, 0.2) is 0 Å². The molecule has 8 heteroatoms. The van der Waals surface area contributed by atoms with Crippen LogP contribution in [0.4, 0.5) is 4.79 Å². The highest BCUT2D eigenvalue weighted by Gasteiger charge is 2.43. The van der Waals surface area contributed by atoms with Crippen LogP contribution in [0.15, 0.2) is 65.7 Å². The molecule has 0 aliphatic rings. The van der Waals surface area contributed by atoms with Crippen molar-refractivity contribution < 1.29 is 27.7 Å². The molecule has 1 atom stereocenters. The smallest absolute Gasteiger partial charge is 0.442 e. The van der Waals surface area contributed by atoms with Gasteiger partial charge in [-0.05, 0) is 38.8 Å². The zero-order valence-electron chi connectivity index (χ0n) is 18.1. The number of carbonyl (C=O) groups is 1. The van der Waals surface area contributed by atoms with Crippen LogP contribution in [0, 0.1) is 0 Å². The standard InChI is InChI=1S/C22H28NO6P/c1-21(2,3)28-20(24)23-19(17-13-9-7-10-14-17)22(4,18-15-11-8-12-16-18)29-30(25,26-5)27-6/h7-16H,1-6H3/b23-19+. The lowest BCUT2D eigenvalue weighted by atomic mass is 9.87. The monoisotopic (exact) mass is 433 g/mol. The van der Waals surface area contributed by atoms with Gasteiger partial charge >= 0.3 is 13.9 Å². The van der Waals surface area contributed by atoms with E-state index in [1.165, 1.54) is 14.2 Å². The molecule has 2 aromatic rings. The first kappa shape index (κ1) is 24.0. The molecule has 0 aromatic heterocycles. The highest BCUT2D eigenvalue weighted by molar-refractivity contribution is 7.48. The number of amides is 1. The van der Waals surface area contributed by atoms with Crippen molar-refractivity contribution in [2.24, 2.45) is 4.99 Å². The minimum atomic E-state index is -3.96. The van der Waals surface area contributed by atoms with Crippen molar-refractivity contribution >= 4 is 19.6 Å². The van der Waals surface area contributed by atoms with Crippen LogP contribution in [-0.4, -0.2) is 31.6 Å². The molecular weight excluding hydrogens is 405 g/mol. The molecule has 1 unspecified atom stereocenters. The predicted octanol–water partition coefficient (Wildman–Crippen LogP) is 5.74. The minimum absolute atomic E-state index is 0.206. The zero-order chi connectivity index (χ0) is 22.4. The Labute approximate surface area is 177 Å². The van der Waals surface area contributed by atoms with E-state index in [2.05, 4.69) is 4.99 Å². The van der Waals surface area contributed by atoms with E-state index in [1.54, 1.807) is 76.2 Å². The summed E-state index contributed by atoms with van der Waals surface area (Å²) in [5.41, 5.74) is -0.793. The summed E-state index contributed by atoms with van der Waals surface area (Å²) in [6.07, 6.45) is -0.795. The highest BCUT2D eigenvalue weighted by Crippen LogP contribution is 2.54. The molecule has 0 saturated carbocycles. The Bertz CT molecular complexity index is 916. The van der Waals surface area contributed by atoms with Gasteiger partial charge in [0.25, 0.3) is 0 Å². The number of hydrogen-bond acceptors (Lipinski definition) is 6. The highest BCUT2D eigenvalue weighted by atomic mass is 31.2. The van der Waals surface area contributed by atoms with Crippen LogP contribution in [0.3, 0.4) is 0 Å². The molecule has 0 fully saturated rings. The molecule has 0 N–H and O–H groups in total. The van der Waals surface area contributed by atoms with Crippen LogP contribution in [0.2, 0.25) is 0 Å². The van der Waals surface area contributed by atoms with Gasteiger partial charge in [0, 0.05) is 14.2 Å². The van der Waals surface area contributed by atoms with Crippen LogP contribution in [-0.2, 0) is 28.5 Å². The van der Waals surface area contributed by atoms with Crippen molar-refractivity contribution in [2.75, 3.05) is 14.2 Å². The molecule has 0 spiro atoms. The molecule has 0 aliphatic carbocycles. The van der Waals surface area contributed by atoms with Crippen molar-refractivity contribution in [2.45, 2.75) is 38.9 Å². The number of aliphatic imine (C=N–C) groups is 1. The summed E-state index contributed by atoms with van der Waals surface area (Å²) < 4.78 is 34.3. The number of rotatable bonds is 7. The number of benzene rings is 2. The molecule has 0 radical (unpaired) electrons. The van der Waals surface area contributed by atoms with E-state index in [9.17, 15) is 9.36 Å². The van der Waals surface area contributed by atoms with Crippen LogP contribution >= 0.6 is 7.82 Å². The van der Waals surface area contributed by atoms with E-state index >= 15 is 0 Å². The second kappa shape index (κ2) is 9.67. The Morgan fingerprint density at radius 1 is 0.867 bits per heavy atom. The molecule has 0 bridgehead atoms. The predicted molar refractivity (Wildman–Crippen MR) is 116 cm³/mol. The molecule has 162 valence electrons. The maximum Gasteiger partial charge on any atom is 0.475 e. The van der Waals surface area contributed by atoms with Gasteiger partial charge in [-0.3, -0.25) is 13.6 Å². The average Bonchev–Trinajstić information content (AvgIpc) is 2.72. The van der Waals surface area contributed by atoms with E-state index in [0.717, 1.165) is 0 Å². The Morgan fingerprint density at radius 3 is 1.83 bits per heavy atom. The van der Waals surface area contributed by atoms with E-state index in [0.29, 0.717) is 11.1 Å². The zero-order valence-corrected chi connectivity index (χ0v) is 19.0. The number of ether oxygens (including phenoxy) is 1. The molecule has 0 saturated heterocycles. The fourth-order valence-electron chi connectivity index (χ4n) is 2.78. The number of phosphoric ester groups is 1. The molecular formula is C22H28NO6P. The number of nitrogens with zero attached hydrogens (tertiary/aromatic N) is 1. The lowest BCUT2D eigenvalue weighted by Crippen LogP contribution is -2.37. The third kappa shape index (κ3) is 6.09. The minimum Gasteiger partial charge on any atom is -0.442 e. The number of carbonyl (C=O) groups excluding carboxylic acids is 1. The fourth-order valence-corrected chi connectivity index (χ4v) is 3.72. The van der Waals surface area contributed by atoms with Crippen LogP contribution < -0.4 is 0 Å². The third-order valence-electron chi connectivity index (χ3n) is 4.16. The molecule has 2 aromatic carbocycles. The van der Waals surface area contributed by atoms with Crippen molar-refractivity contribution in [1.82, 2.24) is 0 Å². The Kier molecular flexibility index (Phi) is 7.72. The molecule has 7 nitrogen and oxygen atoms in total. The first-order valence-electron chi connectivity index (χ1n) is 9.38. The van der Waals surface area contributed by atoms with Gasteiger partial charge in [-0.2, -0.15) is 4.99 Å². The van der Waals surface area contributed by atoms with E-state index in [4.69, 9.17) is 18.3 Å². The van der Waals surface area contributed by atoms with Gasteiger partial charge in [-0.25, -0.2) is 9.36 Å². The lowest BCUT2D eigenvalue weighted by molar-refractivity contribution is 0.0581. The first-order chi connectivity index (χ1) is 14.0. The van der Waals surface area contributed by atoms with Crippen molar-refractivity contribution in [1.29, 1.82) is 0 Å². The summed E-state index contributed by atoms with van der Waals surface area (Å²) >= 11 is 0. The number of hydrogen-bond donors (Lipinski definition) is 0. The SMILES string of the molecule is COP(=O)(OC)OC(C)(/C(=N/C(=O)OC(C)(C)C)c1ccccc1)c1ccccc1. The molecule has 2 rings (SSSR count). The first-order valence-corrected chi connectivity index (χ1v) is 10.8. The van der Waals surface area contributed by atoms with E-state index < -0.39 is 25.1 Å². The summed E-state index contributed by atoms with van der Waals surface area (Å²) in [6, 6.07) is 18.0. The van der Waals surface area contributed by atoms with Gasteiger partial charge < -0.3 is 4.74 Å². The summed E-state index contributed by atoms with van der Waals surface area (Å²) in [4.78, 5) is 16.9. The largest absolute Gasteiger partial charge is 0.475 e. The summed E-state index contributed by atoms with van der Waals surface area (Å²) in [7, 11) is -1.51. The Balaban J connectivity index is 2.72. The molecule has 0 heterocycles. The van der Waals surface area contributed by atoms with Gasteiger partial charge in [-0.1, -0.05) is 60.7 Å². The topological polar surface area (TPSA) is 83.4 Å². The summed E-state index contributed by atoms with van der Waals surface area (Å²) in [5.74, 6) is 0. The van der Waals surface area contributed by atoms with Gasteiger partial charge in [-0.15, -0.1) is 0 Å². The third-order valence-corrected chi connectivity index (χ3v) is 5.65. The Morgan fingerprint density at radius 2 is 1.37 bits per heavy atom. The van der Waals surface area contributed by atoms with Crippen molar-refractivity contribution in [3.63, 3.8) is 0 Å². The van der Waals surface area contributed by atoms with E-state index in [1.807, 2.05) is 12.1 Å². The maximum atomic E-state index is 13.0. The molecule has 0 aliphatic heterocycles. The van der Waals surface area contributed by atoms with Crippen LogP contribution in [0.1, 0.15) is 38.8 Å². The fraction of sp³-hybridized carbons (Fsp3) is 0.364. The molecule has 1 amide bonds. The second-order valence-corrected chi connectivity index (χ2v) is 9.42. The maximum absolute atomic E-state index is 13.0. The second-order valence-electron chi connectivity index (χ2n) is 7.61. The Hall–Kier alpha value is -2.31. The summed E-state index contributed by atoms with van der Waals surface area (Å²) in [6.45, 7) is 6.90. The quantitative estimate of drug-likeness (QED) is 0.409. The van der Waals surface area contributed by atoms with Gasteiger partial charge in [0.1, 0.15) is 11.2 Å². The van der Waals surface area contributed by atoms with Crippen molar-refractivity contribution in [3.05, 3.63) is 71.8 Å². The average molecular weight is 433 g/mol. The lowest BCUT2D eigenvalue weighted by Gasteiger charge is -2.33. The van der Waals surface area contributed by atoms with Gasteiger partial charge in [0.05, 0.1) is 5.71 Å². The van der Waals surface area contributed by atoms with Crippen LogP contribution in [0.25, 0.3) is 0 Å². The summed E-state index contributed by atoms with van der Waals surface area (Å²) in [5, 5.41) is 0. The molecule has 30 heavy (non-hydrogen) atoms. The normalized spacial score (nSPS) is 14.8.